The fraction of sp³-hybridized carbons (Fsp3) is 0.0588. The molecule has 0 unspecified atom stereocenters. The van der Waals surface area contributed by atoms with Gasteiger partial charge < -0.3 is 9.72 Å². The number of nitriles is 1. The van der Waals surface area contributed by atoms with Crippen LogP contribution in [0.2, 0.25) is 0 Å². The summed E-state index contributed by atoms with van der Waals surface area (Å²) in [6.07, 6.45) is 7.11. The van der Waals surface area contributed by atoms with Crippen molar-refractivity contribution in [3.63, 3.8) is 0 Å². The van der Waals surface area contributed by atoms with E-state index in [1.54, 1.807) is 19.5 Å². The van der Waals surface area contributed by atoms with Crippen LogP contribution in [0.4, 0.5) is 0 Å². The van der Waals surface area contributed by atoms with Crippen molar-refractivity contribution in [2.24, 2.45) is 0 Å². The summed E-state index contributed by atoms with van der Waals surface area (Å²) in [5.41, 5.74) is 3.31. The average molecular weight is 275 g/mol. The highest BCUT2D eigenvalue weighted by atomic mass is 16.5. The van der Waals surface area contributed by atoms with E-state index in [9.17, 15) is 5.26 Å². The maximum Gasteiger partial charge on any atom is 0.119 e. The Morgan fingerprint density at radius 1 is 1.38 bits per heavy atom. The lowest BCUT2D eigenvalue weighted by molar-refractivity contribution is 0.415. The molecule has 0 saturated carbocycles. The van der Waals surface area contributed by atoms with E-state index in [2.05, 4.69) is 16.0 Å². The Morgan fingerprint density at radius 2 is 2.29 bits per heavy atom. The van der Waals surface area contributed by atoms with Crippen LogP contribution in [0.3, 0.4) is 0 Å². The van der Waals surface area contributed by atoms with Crippen LogP contribution in [-0.2, 0) is 0 Å². The quantitative estimate of drug-likeness (QED) is 0.742. The van der Waals surface area contributed by atoms with Crippen molar-refractivity contribution in [3.05, 3.63) is 60.0 Å². The highest BCUT2D eigenvalue weighted by Gasteiger charge is 2.09. The standard InChI is InChI=1S/C17H13N3O/c1-21-14-4-5-17-15(8-14)16(11-20-17)13(9-18)7-12-3-2-6-19-10-12/h2-8,10-11,20H,1H3. The summed E-state index contributed by atoms with van der Waals surface area (Å²) in [5, 5.41) is 10.4. The Balaban J connectivity index is 2.14. The third-order valence-corrected chi connectivity index (χ3v) is 3.29. The number of pyridine rings is 1. The number of aromatic nitrogens is 2. The third kappa shape index (κ3) is 2.49. The minimum Gasteiger partial charge on any atom is -0.497 e. The van der Waals surface area contributed by atoms with Crippen LogP contribution in [0.1, 0.15) is 11.1 Å². The van der Waals surface area contributed by atoms with Gasteiger partial charge in [0.25, 0.3) is 0 Å². The molecule has 21 heavy (non-hydrogen) atoms. The molecule has 4 heteroatoms. The Bertz CT molecular complexity index is 841. The van der Waals surface area contributed by atoms with Gasteiger partial charge in [-0.15, -0.1) is 0 Å². The smallest absolute Gasteiger partial charge is 0.119 e. The molecule has 102 valence electrons. The van der Waals surface area contributed by atoms with Crippen LogP contribution in [0, 0.1) is 11.3 Å². The van der Waals surface area contributed by atoms with Crippen molar-refractivity contribution in [2.75, 3.05) is 7.11 Å². The van der Waals surface area contributed by atoms with Crippen molar-refractivity contribution >= 4 is 22.6 Å². The van der Waals surface area contributed by atoms with E-state index in [1.807, 2.05) is 42.6 Å². The highest BCUT2D eigenvalue weighted by Crippen LogP contribution is 2.29. The molecule has 3 rings (SSSR count). The fourth-order valence-corrected chi connectivity index (χ4v) is 2.25. The van der Waals surface area contributed by atoms with Crippen LogP contribution >= 0.6 is 0 Å². The number of hydrogen-bond acceptors (Lipinski definition) is 3. The monoisotopic (exact) mass is 275 g/mol. The number of benzene rings is 1. The summed E-state index contributed by atoms with van der Waals surface area (Å²) < 4.78 is 5.25. The number of nitrogens with zero attached hydrogens (tertiary/aromatic N) is 2. The minimum absolute atomic E-state index is 0.586. The van der Waals surface area contributed by atoms with Crippen molar-refractivity contribution in [1.82, 2.24) is 9.97 Å². The third-order valence-electron chi connectivity index (χ3n) is 3.29. The van der Waals surface area contributed by atoms with E-state index in [0.29, 0.717) is 5.57 Å². The van der Waals surface area contributed by atoms with E-state index in [0.717, 1.165) is 27.8 Å². The Kier molecular flexibility index (Phi) is 3.40. The van der Waals surface area contributed by atoms with Crippen LogP contribution in [0.15, 0.2) is 48.9 Å². The molecule has 1 aromatic carbocycles. The lowest BCUT2D eigenvalue weighted by atomic mass is 10.0. The van der Waals surface area contributed by atoms with E-state index in [-0.39, 0.29) is 0 Å². The van der Waals surface area contributed by atoms with Gasteiger partial charge in [0, 0.05) is 35.1 Å². The van der Waals surface area contributed by atoms with Gasteiger partial charge in [0.15, 0.2) is 0 Å². The number of hydrogen-bond donors (Lipinski definition) is 1. The van der Waals surface area contributed by atoms with Gasteiger partial charge in [-0.05, 0) is 35.9 Å². The molecule has 2 heterocycles. The molecular formula is C17H13N3O. The molecule has 0 bridgehead atoms. The zero-order chi connectivity index (χ0) is 14.7. The van der Waals surface area contributed by atoms with E-state index < -0.39 is 0 Å². The lowest BCUT2D eigenvalue weighted by Crippen LogP contribution is -1.84. The number of allylic oxidation sites excluding steroid dienone is 1. The van der Waals surface area contributed by atoms with Gasteiger partial charge in [-0.2, -0.15) is 5.26 Å². The van der Waals surface area contributed by atoms with E-state index >= 15 is 0 Å². The summed E-state index contributed by atoms with van der Waals surface area (Å²) in [6, 6.07) is 11.8. The summed E-state index contributed by atoms with van der Waals surface area (Å²) in [6.45, 7) is 0. The van der Waals surface area contributed by atoms with Crippen molar-refractivity contribution in [2.45, 2.75) is 0 Å². The molecule has 0 radical (unpaired) electrons. The van der Waals surface area contributed by atoms with Crippen molar-refractivity contribution in [3.8, 4) is 11.8 Å². The van der Waals surface area contributed by atoms with Crippen molar-refractivity contribution in [1.29, 1.82) is 5.26 Å². The minimum atomic E-state index is 0.586. The predicted octanol–water partition coefficient (Wildman–Crippen LogP) is 3.64. The summed E-state index contributed by atoms with van der Waals surface area (Å²) in [4.78, 5) is 7.24. The molecule has 0 aliphatic carbocycles. The molecule has 1 N–H and O–H groups in total. The van der Waals surface area contributed by atoms with Gasteiger partial charge in [-0.3, -0.25) is 4.98 Å². The van der Waals surface area contributed by atoms with Gasteiger partial charge in [0.2, 0.25) is 0 Å². The first kappa shape index (κ1) is 12.9. The molecule has 4 nitrogen and oxygen atoms in total. The average Bonchev–Trinajstić information content (AvgIpc) is 2.96. The first-order valence-electron chi connectivity index (χ1n) is 6.49. The molecule has 0 spiro atoms. The maximum absolute atomic E-state index is 9.46. The van der Waals surface area contributed by atoms with Crippen LogP contribution in [0.5, 0.6) is 5.75 Å². The highest BCUT2D eigenvalue weighted by molar-refractivity contribution is 6.01. The summed E-state index contributed by atoms with van der Waals surface area (Å²) in [7, 11) is 1.63. The first-order valence-corrected chi connectivity index (χ1v) is 6.49. The number of H-pyrrole nitrogens is 1. The molecule has 3 aromatic rings. The Hall–Kier alpha value is -3.06. The number of nitrogens with one attached hydrogen (secondary N) is 1. The SMILES string of the molecule is COc1ccc2[nH]cc(C(C#N)=Cc3cccnc3)c2c1. The topological polar surface area (TPSA) is 61.7 Å². The van der Waals surface area contributed by atoms with Gasteiger partial charge in [-0.25, -0.2) is 0 Å². The second-order valence-electron chi connectivity index (χ2n) is 4.57. The summed E-state index contributed by atoms with van der Waals surface area (Å²) in [5.74, 6) is 0.766. The van der Waals surface area contributed by atoms with Gasteiger partial charge >= 0.3 is 0 Å². The molecule has 0 amide bonds. The van der Waals surface area contributed by atoms with Crippen molar-refractivity contribution < 1.29 is 4.74 Å². The number of ether oxygens (including phenoxy) is 1. The maximum atomic E-state index is 9.46. The van der Waals surface area contributed by atoms with E-state index in [4.69, 9.17) is 4.74 Å². The predicted molar refractivity (Wildman–Crippen MR) is 82.6 cm³/mol. The zero-order valence-electron chi connectivity index (χ0n) is 11.5. The number of aromatic amines is 1. The normalized spacial score (nSPS) is 11.3. The number of fused-ring (bicyclic) bond motifs is 1. The molecule has 2 aromatic heterocycles. The second-order valence-corrected chi connectivity index (χ2v) is 4.57. The molecule has 0 aliphatic heterocycles. The van der Waals surface area contributed by atoms with Gasteiger partial charge in [0.05, 0.1) is 18.8 Å². The second kappa shape index (κ2) is 5.51. The Morgan fingerprint density at radius 3 is 3.00 bits per heavy atom. The molecule has 0 aliphatic rings. The van der Waals surface area contributed by atoms with Gasteiger partial charge in [-0.1, -0.05) is 6.07 Å². The van der Waals surface area contributed by atoms with E-state index in [1.165, 1.54) is 0 Å². The molecule has 0 fully saturated rings. The number of methoxy groups -OCH3 is 1. The molecule has 0 saturated heterocycles. The lowest BCUT2D eigenvalue weighted by Gasteiger charge is -2.01. The molecular weight excluding hydrogens is 262 g/mol. The van der Waals surface area contributed by atoms with Crippen LogP contribution in [0.25, 0.3) is 22.6 Å². The largest absolute Gasteiger partial charge is 0.497 e. The van der Waals surface area contributed by atoms with Gasteiger partial charge in [0.1, 0.15) is 5.75 Å². The summed E-state index contributed by atoms with van der Waals surface area (Å²) >= 11 is 0. The first-order chi connectivity index (χ1) is 10.3. The number of rotatable bonds is 3. The van der Waals surface area contributed by atoms with Crippen LogP contribution < -0.4 is 4.74 Å². The zero-order valence-corrected chi connectivity index (χ0v) is 11.5. The van der Waals surface area contributed by atoms with Crippen LogP contribution in [-0.4, -0.2) is 17.1 Å². The Labute approximate surface area is 122 Å². The molecule has 0 atom stereocenters. The fourth-order valence-electron chi connectivity index (χ4n) is 2.25.